The van der Waals surface area contributed by atoms with Gasteiger partial charge in [0.25, 0.3) is 0 Å². The first-order valence-electron chi connectivity index (χ1n) is 5.53. The molecule has 17 heavy (non-hydrogen) atoms. The third kappa shape index (κ3) is 1.95. The highest BCUT2D eigenvalue weighted by molar-refractivity contribution is 7.12. The van der Waals surface area contributed by atoms with Crippen molar-refractivity contribution in [2.24, 2.45) is 0 Å². The van der Waals surface area contributed by atoms with Crippen molar-refractivity contribution in [1.82, 2.24) is 4.90 Å². The Morgan fingerprint density at radius 3 is 2.71 bits per heavy atom. The summed E-state index contributed by atoms with van der Waals surface area (Å²) in [5.74, 6) is 0.114. The number of hydrogen-bond donors (Lipinski definition) is 0. The van der Waals surface area contributed by atoms with Gasteiger partial charge in [0, 0.05) is 31.2 Å². The molecule has 0 atom stereocenters. The average molecular weight is 252 g/mol. The van der Waals surface area contributed by atoms with Gasteiger partial charge >= 0.3 is 0 Å². The van der Waals surface area contributed by atoms with Crippen LogP contribution >= 0.6 is 11.3 Å². The topological polar surface area (TPSA) is 40.6 Å². The number of aldehydes is 1. The van der Waals surface area contributed by atoms with Crippen molar-refractivity contribution in [2.45, 2.75) is 19.4 Å². The molecule has 4 nitrogen and oxygen atoms in total. The molecule has 0 spiro atoms. The number of carbonyl (C=O) groups is 2. The van der Waals surface area contributed by atoms with Gasteiger partial charge in [-0.1, -0.05) is 0 Å². The number of piperazine rings is 1. The smallest absolute Gasteiger partial charge is 0.247 e. The first kappa shape index (κ1) is 12.1. The summed E-state index contributed by atoms with van der Waals surface area (Å²) in [7, 11) is 1.83. The summed E-state index contributed by atoms with van der Waals surface area (Å²) in [6, 6.07) is 1.85. The van der Waals surface area contributed by atoms with Crippen molar-refractivity contribution in [1.29, 1.82) is 0 Å². The monoisotopic (exact) mass is 252 g/mol. The Hall–Kier alpha value is -1.36. The fourth-order valence-electron chi connectivity index (χ4n) is 2.21. The largest absolute Gasteiger partial charge is 0.355 e. The quantitative estimate of drug-likeness (QED) is 0.751. The first-order valence-corrected chi connectivity index (χ1v) is 6.41. The number of likely N-dealkylation sites (N-methyl/N-ethyl adjacent to an activating group) is 1. The fraction of sp³-hybridized carbons (Fsp3) is 0.500. The van der Waals surface area contributed by atoms with Crippen LogP contribution in [0.3, 0.4) is 0 Å². The zero-order valence-electron chi connectivity index (χ0n) is 10.3. The lowest BCUT2D eigenvalue weighted by atomic mass is 9.97. The van der Waals surface area contributed by atoms with Crippen molar-refractivity contribution in [3.8, 4) is 0 Å². The Morgan fingerprint density at radius 2 is 2.12 bits per heavy atom. The molecule has 1 amide bonds. The minimum atomic E-state index is -0.547. The standard InChI is InChI=1S/C12H16N2O2S/c1-12(2)11(16)13(3)4-5-14(12)9-6-10(7-15)17-8-9/h6-8H,4-5H2,1-3H3. The number of anilines is 1. The summed E-state index contributed by atoms with van der Waals surface area (Å²) in [5, 5.41) is 1.93. The first-order chi connectivity index (χ1) is 7.96. The Bertz CT molecular complexity index is 453. The molecule has 1 saturated heterocycles. The average Bonchev–Trinajstić information content (AvgIpc) is 2.74. The molecule has 1 aliphatic rings. The van der Waals surface area contributed by atoms with Gasteiger partial charge in [-0.25, -0.2) is 0 Å². The zero-order chi connectivity index (χ0) is 12.6. The molecule has 0 saturated carbocycles. The number of nitrogens with zero attached hydrogens (tertiary/aromatic N) is 2. The molecule has 0 bridgehead atoms. The minimum Gasteiger partial charge on any atom is -0.355 e. The van der Waals surface area contributed by atoms with Crippen LogP contribution in [0.2, 0.25) is 0 Å². The molecule has 0 radical (unpaired) electrons. The molecule has 0 aliphatic carbocycles. The number of hydrogen-bond acceptors (Lipinski definition) is 4. The van der Waals surface area contributed by atoms with Crippen LogP contribution in [0.25, 0.3) is 0 Å². The van der Waals surface area contributed by atoms with Gasteiger partial charge in [0.1, 0.15) is 5.54 Å². The van der Waals surface area contributed by atoms with Crippen LogP contribution in [-0.4, -0.2) is 42.8 Å². The maximum absolute atomic E-state index is 12.1. The lowest BCUT2D eigenvalue weighted by molar-refractivity contribution is -0.136. The summed E-state index contributed by atoms with van der Waals surface area (Å²) in [6.45, 7) is 5.35. The molecule has 1 fully saturated rings. The molecular weight excluding hydrogens is 236 g/mol. The van der Waals surface area contributed by atoms with Gasteiger partial charge in [0.15, 0.2) is 6.29 Å². The highest BCUT2D eigenvalue weighted by atomic mass is 32.1. The highest BCUT2D eigenvalue weighted by Crippen LogP contribution is 2.31. The molecular formula is C12H16N2O2S. The normalized spacial score (nSPS) is 19.6. The summed E-state index contributed by atoms with van der Waals surface area (Å²) in [6.07, 6.45) is 0.846. The molecule has 1 aromatic heterocycles. The second-order valence-corrected chi connectivity index (χ2v) is 5.71. The summed E-state index contributed by atoms with van der Waals surface area (Å²) in [5.41, 5.74) is 0.414. The van der Waals surface area contributed by atoms with E-state index in [1.165, 1.54) is 11.3 Å². The molecule has 5 heteroatoms. The van der Waals surface area contributed by atoms with Crippen molar-refractivity contribution < 1.29 is 9.59 Å². The van der Waals surface area contributed by atoms with Gasteiger partial charge in [0.2, 0.25) is 5.91 Å². The summed E-state index contributed by atoms with van der Waals surface area (Å²) >= 11 is 1.41. The van der Waals surface area contributed by atoms with Crippen molar-refractivity contribution >= 4 is 29.2 Å². The van der Waals surface area contributed by atoms with Gasteiger partial charge in [0.05, 0.1) is 4.88 Å². The second kappa shape index (κ2) is 4.14. The van der Waals surface area contributed by atoms with Gasteiger partial charge in [-0.15, -0.1) is 11.3 Å². The highest BCUT2D eigenvalue weighted by Gasteiger charge is 2.40. The van der Waals surface area contributed by atoms with Gasteiger partial charge in [-0.3, -0.25) is 9.59 Å². The molecule has 0 unspecified atom stereocenters. The minimum absolute atomic E-state index is 0.114. The van der Waals surface area contributed by atoms with Crippen LogP contribution < -0.4 is 4.90 Å². The Kier molecular flexibility index (Phi) is 2.95. The zero-order valence-corrected chi connectivity index (χ0v) is 11.1. The van der Waals surface area contributed by atoms with Crippen LogP contribution in [0.15, 0.2) is 11.4 Å². The lowest BCUT2D eigenvalue weighted by Crippen LogP contribution is -2.62. The molecule has 2 heterocycles. The molecule has 1 aromatic rings. The third-order valence-corrected chi connectivity index (χ3v) is 4.08. The Labute approximate surface area is 105 Å². The number of amides is 1. The van der Waals surface area contributed by atoms with Crippen molar-refractivity contribution in [3.63, 3.8) is 0 Å². The van der Waals surface area contributed by atoms with Crippen LogP contribution in [0, 0.1) is 0 Å². The van der Waals surface area contributed by atoms with Crippen LogP contribution in [0.5, 0.6) is 0 Å². The molecule has 92 valence electrons. The van der Waals surface area contributed by atoms with E-state index in [4.69, 9.17) is 0 Å². The van der Waals surface area contributed by atoms with Gasteiger partial charge < -0.3 is 9.80 Å². The third-order valence-electron chi connectivity index (χ3n) is 3.24. The summed E-state index contributed by atoms with van der Waals surface area (Å²) in [4.78, 5) is 27.3. The van der Waals surface area contributed by atoms with Crippen molar-refractivity contribution in [3.05, 3.63) is 16.3 Å². The van der Waals surface area contributed by atoms with E-state index in [0.29, 0.717) is 11.4 Å². The fourth-order valence-corrected chi connectivity index (χ4v) is 2.91. The Morgan fingerprint density at radius 1 is 1.41 bits per heavy atom. The molecule has 2 rings (SSSR count). The van der Waals surface area contributed by atoms with Crippen LogP contribution in [-0.2, 0) is 4.79 Å². The van der Waals surface area contributed by atoms with E-state index in [-0.39, 0.29) is 5.91 Å². The maximum Gasteiger partial charge on any atom is 0.247 e. The van der Waals surface area contributed by atoms with E-state index in [0.717, 1.165) is 18.5 Å². The number of rotatable bonds is 2. The number of carbonyl (C=O) groups excluding carboxylic acids is 2. The van der Waals surface area contributed by atoms with Gasteiger partial charge in [-0.05, 0) is 19.9 Å². The van der Waals surface area contributed by atoms with Gasteiger partial charge in [-0.2, -0.15) is 0 Å². The molecule has 1 aliphatic heterocycles. The lowest BCUT2D eigenvalue weighted by Gasteiger charge is -2.45. The van der Waals surface area contributed by atoms with E-state index < -0.39 is 5.54 Å². The van der Waals surface area contributed by atoms with E-state index in [9.17, 15) is 9.59 Å². The predicted molar refractivity (Wildman–Crippen MR) is 68.8 cm³/mol. The van der Waals surface area contributed by atoms with E-state index >= 15 is 0 Å². The predicted octanol–water partition coefficient (Wildman–Crippen LogP) is 1.62. The van der Waals surface area contributed by atoms with Crippen LogP contribution in [0.4, 0.5) is 5.69 Å². The maximum atomic E-state index is 12.1. The Balaban J connectivity index is 2.32. The van der Waals surface area contributed by atoms with E-state index in [1.54, 1.807) is 4.90 Å². The van der Waals surface area contributed by atoms with E-state index in [1.807, 2.05) is 32.3 Å². The number of thiophene rings is 1. The van der Waals surface area contributed by atoms with Crippen molar-refractivity contribution in [2.75, 3.05) is 25.0 Å². The van der Waals surface area contributed by atoms with Crippen LogP contribution in [0.1, 0.15) is 23.5 Å². The van der Waals surface area contributed by atoms with E-state index in [2.05, 4.69) is 4.90 Å². The summed E-state index contributed by atoms with van der Waals surface area (Å²) < 4.78 is 0. The molecule has 0 N–H and O–H groups in total. The SMILES string of the molecule is CN1CCN(c2csc(C=O)c2)C(C)(C)C1=O. The second-order valence-electron chi connectivity index (χ2n) is 4.76. The molecule has 0 aromatic carbocycles.